The summed E-state index contributed by atoms with van der Waals surface area (Å²) in [5.74, 6) is 0.675. The highest BCUT2D eigenvalue weighted by atomic mass is 19.1. The number of benzene rings is 2. The van der Waals surface area contributed by atoms with E-state index in [4.69, 9.17) is 10.5 Å². The molecule has 0 radical (unpaired) electrons. The van der Waals surface area contributed by atoms with Crippen molar-refractivity contribution in [2.24, 2.45) is 5.73 Å². The number of fused-ring (bicyclic) bond motifs is 1. The van der Waals surface area contributed by atoms with Crippen LogP contribution in [-0.2, 0) is 13.1 Å². The summed E-state index contributed by atoms with van der Waals surface area (Å²) in [5.41, 5.74) is 8.78. The molecule has 0 spiro atoms. The predicted octanol–water partition coefficient (Wildman–Crippen LogP) is 3.46. The van der Waals surface area contributed by atoms with Crippen LogP contribution in [0, 0.1) is 5.82 Å². The van der Waals surface area contributed by atoms with Crippen LogP contribution in [-0.4, -0.2) is 12.6 Å². The second kappa shape index (κ2) is 6.36. The summed E-state index contributed by atoms with van der Waals surface area (Å²) in [6, 6.07) is 12.8. The van der Waals surface area contributed by atoms with Gasteiger partial charge in [-0.05, 0) is 41.8 Å². The third-order valence-electron chi connectivity index (χ3n) is 4.04. The van der Waals surface area contributed by atoms with Crippen molar-refractivity contribution in [3.05, 3.63) is 59.4 Å². The maximum Gasteiger partial charge on any atom is 0.143 e. The van der Waals surface area contributed by atoms with Crippen molar-refractivity contribution in [1.29, 1.82) is 0 Å². The lowest BCUT2D eigenvalue weighted by molar-refractivity contribution is 0.188. The van der Waals surface area contributed by atoms with Gasteiger partial charge in [0.2, 0.25) is 0 Å². The molecule has 3 nitrogen and oxygen atoms in total. The Morgan fingerprint density at radius 1 is 1.23 bits per heavy atom. The second-order valence-corrected chi connectivity index (χ2v) is 5.66. The summed E-state index contributed by atoms with van der Waals surface area (Å²) < 4.78 is 19.4. The Balaban J connectivity index is 1.91. The molecule has 3 rings (SSSR count). The molecule has 2 N–H and O–H groups in total. The molecule has 0 fully saturated rings. The van der Waals surface area contributed by atoms with Crippen LogP contribution in [0.3, 0.4) is 0 Å². The van der Waals surface area contributed by atoms with Crippen molar-refractivity contribution in [2.75, 3.05) is 11.4 Å². The molecule has 22 heavy (non-hydrogen) atoms. The standard InChI is InChI=1S/C18H21FN2O/c1-2-16-12-21(11-14-4-3-5-15(19)8-14)17-7-6-13(10-20)9-18(17)22-16/h3-9,16H,2,10-12,20H2,1H3. The number of nitrogens with zero attached hydrogens (tertiary/aromatic N) is 1. The quantitative estimate of drug-likeness (QED) is 0.939. The molecule has 1 atom stereocenters. The van der Waals surface area contributed by atoms with E-state index in [9.17, 15) is 4.39 Å². The summed E-state index contributed by atoms with van der Waals surface area (Å²) in [5, 5.41) is 0. The van der Waals surface area contributed by atoms with E-state index in [0.29, 0.717) is 13.1 Å². The van der Waals surface area contributed by atoms with E-state index < -0.39 is 0 Å². The van der Waals surface area contributed by atoms with Crippen LogP contribution in [0.1, 0.15) is 24.5 Å². The number of nitrogens with two attached hydrogens (primary N) is 1. The van der Waals surface area contributed by atoms with Crippen LogP contribution < -0.4 is 15.4 Å². The van der Waals surface area contributed by atoms with E-state index >= 15 is 0 Å². The van der Waals surface area contributed by atoms with Crippen LogP contribution in [0.15, 0.2) is 42.5 Å². The van der Waals surface area contributed by atoms with Gasteiger partial charge in [0.05, 0.1) is 12.2 Å². The molecular formula is C18H21FN2O. The lowest BCUT2D eigenvalue weighted by atomic mass is 10.1. The summed E-state index contributed by atoms with van der Waals surface area (Å²) in [6.45, 7) is 4.09. The SMILES string of the molecule is CCC1CN(Cc2cccc(F)c2)c2ccc(CN)cc2O1. The van der Waals surface area contributed by atoms with Gasteiger partial charge in [0.1, 0.15) is 17.7 Å². The first-order chi connectivity index (χ1) is 10.7. The average molecular weight is 300 g/mol. The smallest absolute Gasteiger partial charge is 0.143 e. The molecule has 0 amide bonds. The third-order valence-corrected chi connectivity index (χ3v) is 4.04. The number of rotatable bonds is 4. The van der Waals surface area contributed by atoms with E-state index in [-0.39, 0.29) is 11.9 Å². The monoisotopic (exact) mass is 300 g/mol. The molecule has 1 aliphatic rings. The Bertz CT molecular complexity index is 659. The maximum absolute atomic E-state index is 13.4. The van der Waals surface area contributed by atoms with Gasteiger partial charge in [0.25, 0.3) is 0 Å². The van der Waals surface area contributed by atoms with Gasteiger partial charge in [0, 0.05) is 13.1 Å². The minimum Gasteiger partial charge on any atom is -0.486 e. The zero-order chi connectivity index (χ0) is 15.5. The molecule has 1 heterocycles. The molecule has 0 saturated heterocycles. The van der Waals surface area contributed by atoms with Gasteiger partial charge in [-0.1, -0.05) is 25.1 Å². The highest BCUT2D eigenvalue weighted by Gasteiger charge is 2.24. The minimum absolute atomic E-state index is 0.147. The van der Waals surface area contributed by atoms with Crippen molar-refractivity contribution >= 4 is 5.69 Å². The molecule has 1 unspecified atom stereocenters. The summed E-state index contributed by atoms with van der Waals surface area (Å²) in [7, 11) is 0. The summed E-state index contributed by atoms with van der Waals surface area (Å²) in [4.78, 5) is 2.25. The normalized spacial score (nSPS) is 17.0. The molecule has 2 aromatic carbocycles. The van der Waals surface area contributed by atoms with E-state index in [1.807, 2.05) is 24.3 Å². The number of anilines is 1. The summed E-state index contributed by atoms with van der Waals surface area (Å²) >= 11 is 0. The highest BCUT2D eigenvalue weighted by Crippen LogP contribution is 2.35. The Kier molecular flexibility index (Phi) is 4.29. The molecule has 116 valence electrons. The first kappa shape index (κ1) is 14.9. The van der Waals surface area contributed by atoms with Crippen molar-refractivity contribution in [2.45, 2.75) is 32.5 Å². The van der Waals surface area contributed by atoms with Gasteiger partial charge in [-0.3, -0.25) is 0 Å². The molecule has 4 heteroatoms. The third kappa shape index (κ3) is 3.07. The molecule has 0 aromatic heterocycles. The summed E-state index contributed by atoms with van der Waals surface area (Å²) in [6.07, 6.45) is 1.08. The van der Waals surface area contributed by atoms with Gasteiger partial charge in [-0.2, -0.15) is 0 Å². The van der Waals surface area contributed by atoms with E-state index in [1.165, 1.54) is 6.07 Å². The number of hydrogen-bond donors (Lipinski definition) is 1. The van der Waals surface area contributed by atoms with Crippen LogP contribution in [0.5, 0.6) is 5.75 Å². The Labute approximate surface area is 130 Å². The van der Waals surface area contributed by atoms with Gasteiger partial charge in [-0.15, -0.1) is 0 Å². The average Bonchev–Trinajstić information content (AvgIpc) is 2.54. The molecular weight excluding hydrogens is 279 g/mol. The van der Waals surface area contributed by atoms with Gasteiger partial charge < -0.3 is 15.4 Å². The molecule has 2 aromatic rings. The van der Waals surface area contributed by atoms with Crippen LogP contribution in [0.4, 0.5) is 10.1 Å². The van der Waals surface area contributed by atoms with Crippen LogP contribution in [0.2, 0.25) is 0 Å². The topological polar surface area (TPSA) is 38.5 Å². The Hall–Kier alpha value is -2.07. The number of ether oxygens (including phenoxy) is 1. The van der Waals surface area contributed by atoms with Gasteiger partial charge >= 0.3 is 0 Å². The molecule has 0 saturated carbocycles. The largest absolute Gasteiger partial charge is 0.486 e. The van der Waals surface area contributed by atoms with Crippen LogP contribution >= 0.6 is 0 Å². The first-order valence-electron chi connectivity index (χ1n) is 7.68. The highest BCUT2D eigenvalue weighted by molar-refractivity contribution is 5.61. The van der Waals surface area contributed by atoms with Crippen molar-refractivity contribution in [3.63, 3.8) is 0 Å². The van der Waals surface area contributed by atoms with Gasteiger partial charge in [0.15, 0.2) is 0 Å². The fraction of sp³-hybridized carbons (Fsp3) is 0.333. The first-order valence-corrected chi connectivity index (χ1v) is 7.68. The van der Waals surface area contributed by atoms with Crippen molar-refractivity contribution in [3.8, 4) is 5.75 Å². The van der Waals surface area contributed by atoms with Crippen molar-refractivity contribution in [1.82, 2.24) is 0 Å². The lowest BCUT2D eigenvalue weighted by Crippen LogP contribution is -2.39. The fourth-order valence-electron chi connectivity index (χ4n) is 2.82. The van der Waals surface area contributed by atoms with Crippen LogP contribution in [0.25, 0.3) is 0 Å². The van der Waals surface area contributed by atoms with E-state index in [2.05, 4.69) is 11.8 Å². The Morgan fingerprint density at radius 3 is 2.82 bits per heavy atom. The van der Waals surface area contributed by atoms with E-state index in [1.54, 1.807) is 12.1 Å². The molecule has 1 aliphatic heterocycles. The zero-order valence-electron chi connectivity index (χ0n) is 12.8. The molecule has 0 aliphatic carbocycles. The number of hydrogen-bond acceptors (Lipinski definition) is 3. The molecule has 0 bridgehead atoms. The lowest BCUT2D eigenvalue weighted by Gasteiger charge is -2.36. The Morgan fingerprint density at radius 2 is 2.09 bits per heavy atom. The zero-order valence-corrected chi connectivity index (χ0v) is 12.8. The van der Waals surface area contributed by atoms with Crippen molar-refractivity contribution < 1.29 is 9.13 Å². The minimum atomic E-state index is -0.198. The van der Waals surface area contributed by atoms with Gasteiger partial charge in [-0.25, -0.2) is 4.39 Å². The fourth-order valence-corrected chi connectivity index (χ4v) is 2.82. The number of halogens is 1. The second-order valence-electron chi connectivity index (χ2n) is 5.66. The van der Waals surface area contributed by atoms with E-state index in [0.717, 1.165) is 35.5 Å². The maximum atomic E-state index is 13.4. The predicted molar refractivity (Wildman–Crippen MR) is 86.5 cm³/mol.